The molecule has 1 aromatic rings. The second-order valence-electron chi connectivity index (χ2n) is 5.05. The summed E-state index contributed by atoms with van der Waals surface area (Å²) < 4.78 is 5.73. The van der Waals surface area contributed by atoms with Crippen LogP contribution in [0.1, 0.15) is 37.1 Å². The molecule has 1 fully saturated rings. The number of hydrogen-bond donors (Lipinski definition) is 2. The first kappa shape index (κ1) is 14.1. The van der Waals surface area contributed by atoms with Crippen molar-refractivity contribution >= 4 is 11.6 Å². The monoisotopic (exact) mass is 264 g/mol. The Kier molecular flexibility index (Phi) is 4.96. The van der Waals surface area contributed by atoms with E-state index in [9.17, 15) is 0 Å². The molecule has 5 heteroatoms. The molecule has 0 aliphatic carbocycles. The van der Waals surface area contributed by atoms with Crippen LogP contribution >= 0.6 is 0 Å². The fourth-order valence-electron chi connectivity index (χ4n) is 2.43. The molecule has 1 aliphatic heterocycles. The van der Waals surface area contributed by atoms with Gasteiger partial charge in [-0.3, -0.25) is 0 Å². The normalized spacial score (nSPS) is 19.2. The molecule has 0 radical (unpaired) electrons. The minimum absolute atomic E-state index is 0.410. The highest BCUT2D eigenvalue weighted by atomic mass is 16.5. The summed E-state index contributed by atoms with van der Waals surface area (Å²) in [5, 5.41) is 6.51. The SMILES string of the molecule is CNc1nc(C)nc(NCCC2CCCCO2)c1C. The summed E-state index contributed by atoms with van der Waals surface area (Å²) in [6, 6.07) is 0. The van der Waals surface area contributed by atoms with Gasteiger partial charge in [-0.1, -0.05) is 0 Å². The van der Waals surface area contributed by atoms with E-state index in [-0.39, 0.29) is 0 Å². The number of nitrogens with zero attached hydrogens (tertiary/aromatic N) is 2. The third-order valence-corrected chi connectivity index (χ3v) is 3.53. The predicted octanol–water partition coefficient (Wildman–Crippen LogP) is 2.51. The van der Waals surface area contributed by atoms with Crippen LogP contribution < -0.4 is 10.6 Å². The standard InChI is InChI=1S/C14H24N4O/c1-10-13(15-3)17-11(2)18-14(10)16-8-7-12-6-4-5-9-19-12/h12H,4-9H2,1-3H3,(H2,15,16,17,18). The molecule has 1 atom stereocenters. The molecule has 2 N–H and O–H groups in total. The number of nitrogens with one attached hydrogen (secondary N) is 2. The van der Waals surface area contributed by atoms with Crippen LogP contribution in [0.2, 0.25) is 0 Å². The molecular weight excluding hydrogens is 240 g/mol. The van der Waals surface area contributed by atoms with Crippen molar-refractivity contribution in [2.24, 2.45) is 0 Å². The number of ether oxygens (including phenoxy) is 1. The van der Waals surface area contributed by atoms with Gasteiger partial charge in [-0.05, 0) is 39.5 Å². The summed E-state index contributed by atoms with van der Waals surface area (Å²) in [5.74, 6) is 2.60. The van der Waals surface area contributed by atoms with Crippen LogP contribution in [-0.2, 0) is 4.74 Å². The maximum absolute atomic E-state index is 5.73. The molecule has 1 unspecified atom stereocenters. The van der Waals surface area contributed by atoms with Crippen molar-refractivity contribution < 1.29 is 4.74 Å². The molecule has 1 saturated heterocycles. The van der Waals surface area contributed by atoms with Gasteiger partial charge in [0.25, 0.3) is 0 Å². The Morgan fingerprint density at radius 1 is 1.21 bits per heavy atom. The van der Waals surface area contributed by atoms with Gasteiger partial charge in [-0.2, -0.15) is 0 Å². The van der Waals surface area contributed by atoms with E-state index < -0.39 is 0 Å². The van der Waals surface area contributed by atoms with Gasteiger partial charge in [0.15, 0.2) is 0 Å². The minimum atomic E-state index is 0.410. The van der Waals surface area contributed by atoms with Crippen molar-refractivity contribution in [1.29, 1.82) is 0 Å². The van der Waals surface area contributed by atoms with Gasteiger partial charge in [0, 0.05) is 25.8 Å². The van der Waals surface area contributed by atoms with Crippen molar-refractivity contribution in [2.45, 2.75) is 45.6 Å². The summed E-state index contributed by atoms with van der Waals surface area (Å²) in [7, 11) is 1.88. The summed E-state index contributed by atoms with van der Waals surface area (Å²) in [4.78, 5) is 8.82. The first-order chi connectivity index (χ1) is 9.20. The lowest BCUT2D eigenvalue weighted by Gasteiger charge is -2.22. The van der Waals surface area contributed by atoms with Gasteiger partial charge < -0.3 is 15.4 Å². The zero-order valence-electron chi connectivity index (χ0n) is 12.1. The Morgan fingerprint density at radius 2 is 2.00 bits per heavy atom. The Morgan fingerprint density at radius 3 is 2.68 bits per heavy atom. The van der Waals surface area contributed by atoms with E-state index in [1.807, 2.05) is 20.9 Å². The van der Waals surface area contributed by atoms with E-state index in [4.69, 9.17) is 4.74 Å². The lowest BCUT2D eigenvalue weighted by molar-refractivity contribution is 0.0134. The van der Waals surface area contributed by atoms with Crippen LogP contribution in [0.5, 0.6) is 0 Å². The summed E-state index contributed by atoms with van der Waals surface area (Å²) in [6.07, 6.45) is 5.14. The van der Waals surface area contributed by atoms with Crippen LogP contribution in [-0.4, -0.2) is 36.3 Å². The van der Waals surface area contributed by atoms with E-state index in [0.717, 1.165) is 42.6 Å². The van der Waals surface area contributed by atoms with Gasteiger partial charge in [-0.15, -0.1) is 0 Å². The molecule has 0 spiro atoms. The van der Waals surface area contributed by atoms with Gasteiger partial charge in [-0.25, -0.2) is 9.97 Å². The van der Waals surface area contributed by atoms with Gasteiger partial charge >= 0.3 is 0 Å². The second-order valence-corrected chi connectivity index (χ2v) is 5.05. The highest BCUT2D eigenvalue weighted by Crippen LogP contribution is 2.20. The zero-order valence-corrected chi connectivity index (χ0v) is 12.1. The number of aromatic nitrogens is 2. The number of hydrogen-bond acceptors (Lipinski definition) is 5. The first-order valence-corrected chi connectivity index (χ1v) is 7.09. The van der Waals surface area contributed by atoms with Crippen LogP contribution in [0.15, 0.2) is 0 Å². The maximum atomic E-state index is 5.73. The lowest BCUT2D eigenvalue weighted by atomic mass is 10.1. The third-order valence-electron chi connectivity index (χ3n) is 3.53. The smallest absolute Gasteiger partial charge is 0.134 e. The van der Waals surface area contributed by atoms with E-state index in [1.165, 1.54) is 19.3 Å². The van der Waals surface area contributed by atoms with Crippen LogP contribution in [0, 0.1) is 13.8 Å². The Labute approximate surface area is 115 Å². The molecule has 106 valence electrons. The lowest BCUT2D eigenvalue weighted by Crippen LogP contribution is -2.22. The third kappa shape index (κ3) is 3.80. The van der Waals surface area contributed by atoms with Crippen molar-refractivity contribution in [3.63, 3.8) is 0 Å². The topological polar surface area (TPSA) is 59.1 Å². The second kappa shape index (κ2) is 6.70. The maximum Gasteiger partial charge on any atom is 0.134 e. The molecule has 0 saturated carbocycles. The van der Waals surface area contributed by atoms with Crippen molar-refractivity contribution in [3.8, 4) is 0 Å². The van der Waals surface area contributed by atoms with Crippen molar-refractivity contribution in [2.75, 3.05) is 30.8 Å². The van der Waals surface area contributed by atoms with Crippen LogP contribution in [0.3, 0.4) is 0 Å². The highest BCUT2D eigenvalue weighted by molar-refractivity contribution is 5.56. The molecule has 0 bridgehead atoms. The van der Waals surface area contributed by atoms with Gasteiger partial charge in [0.2, 0.25) is 0 Å². The number of rotatable bonds is 5. The molecule has 0 aromatic carbocycles. The zero-order chi connectivity index (χ0) is 13.7. The molecule has 2 rings (SSSR count). The predicted molar refractivity (Wildman–Crippen MR) is 77.8 cm³/mol. The van der Waals surface area contributed by atoms with Crippen LogP contribution in [0.25, 0.3) is 0 Å². The fourth-order valence-corrected chi connectivity index (χ4v) is 2.43. The minimum Gasteiger partial charge on any atom is -0.378 e. The quantitative estimate of drug-likeness (QED) is 0.855. The molecule has 2 heterocycles. The molecule has 5 nitrogen and oxygen atoms in total. The van der Waals surface area contributed by atoms with E-state index in [2.05, 4.69) is 20.6 Å². The number of aryl methyl sites for hydroxylation is 1. The van der Waals surface area contributed by atoms with E-state index >= 15 is 0 Å². The largest absolute Gasteiger partial charge is 0.378 e. The average Bonchev–Trinajstić information content (AvgIpc) is 2.43. The van der Waals surface area contributed by atoms with Crippen molar-refractivity contribution in [1.82, 2.24) is 9.97 Å². The fraction of sp³-hybridized carbons (Fsp3) is 0.714. The Bertz CT molecular complexity index is 416. The first-order valence-electron chi connectivity index (χ1n) is 7.09. The Hall–Kier alpha value is -1.36. The number of anilines is 2. The average molecular weight is 264 g/mol. The summed E-state index contributed by atoms with van der Waals surface area (Å²) >= 11 is 0. The molecular formula is C14H24N4O. The summed E-state index contributed by atoms with van der Waals surface area (Å²) in [5.41, 5.74) is 1.07. The highest BCUT2D eigenvalue weighted by Gasteiger charge is 2.14. The molecule has 1 aliphatic rings. The van der Waals surface area contributed by atoms with Gasteiger partial charge in [0.05, 0.1) is 6.10 Å². The molecule has 19 heavy (non-hydrogen) atoms. The Balaban J connectivity index is 1.89. The summed E-state index contributed by atoms with van der Waals surface area (Å²) in [6.45, 7) is 5.76. The van der Waals surface area contributed by atoms with Crippen LogP contribution in [0.4, 0.5) is 11.6 Å². The van der Waals surface area contributed by atoms with E-state index in [1.54, 1.807) is 0 Å². The molecule has 0 amide bonds. The van der Waals surface area contributed by atoms with Crippen molar-refractivity contribution in [3.05, 3.63) is 11.4 Å². The van der Waals surface area contributed by atoms with E-state index in [0.29, 0.717) is 6.10 Å². The molecule has 1 aromatic heterocycles. The van der Waals surface area contributed by atoms with Gasteiger partial charge in [0.1, 0.15) is 17.5 Å².